The largest absolute Gasteiger partial charge is 0.352 e. The van der Waals surface area contributed by atoms with Crippen molar-refractivity contribution in [2.75, 3.05) is 13.1 Å². The summed E-state index contributed by atoms with van der Waals surface area (Å²) in [5.74, 6) is 0.372. The molecule has 0 aliphatic carbocycles. The number of amides is 2. The van der Waals surface area contributed by atoms with E-state index in [2.05, 4.69) is 24.1 Å². The van der Waals surface area contributed by atoms with E-state index in [0.29, 0.717) is 32.0 Å². The molecular weight excluding hydrogens is 254 g/mol. The smallest absolute Gasteiger partial charge is 0.222 e. The first kappa shape index (κ1) is 16.1. The van der Waals surface area contributed by atoms with Gasteiger partial charge in [0.1, 0.15) is 0 Å². The highest BCUT2D eigenvalue weighted by molar-refractivity contribution is 5.78. The van der Waals surface area contributed by atoms with Crippen molar-refractivity contribution in [2.45, 2.75) is 33.7 Å². The van der Waals surface area contributed by atoms with Gasteiger partial charge < -0.3 is 10.2 Å². The Labute approximate surface area is 120 Å². The summed E-state index contributed by atoms with van der Waals surface area (Å²) in [4.78, 5) is 28.9. The van der Waals surface area contributed by atoms with E-state index in [1.807, 2.05) is 12.1 Å². The fourth-order valence-corrected chi connectivity index (χ4v) is 1.84. The Bertz CT molecular complexity index is 432. The van der Waals surface area contributed by atoms with Crippen LogP contribution in [-0.2, 0) is 16.1 Å². The van der Waals surface area contributed by atoms with Crippen LogP contribution in [0.25, 0.3) is 0 Å². The second-order valence-electron chi connectivity index (χ2n) is 5.24. The predicted octanol–water partition coefficient (Wildman–Crippen LogP) is 1.59. The lowest BCUT2D eigenvalue weighted by atomic mass is 10.2. The number of nitrogens with one attached hydrogen (secondary N) is 1. The molecule has 1 rings (SSSR count). The van der Waals surface area contributed by atoms with Crippen molar-refractivity contribution in [1.82, 2.24) is 15.2 Å². The number of aromatic nitrogens is 1. The monoisotopic (exact) mass is 277 g/mol. The van der Waals surface area contributed by atoms with Gasteiger partial charge in [-0.25, -0.2) is 0 Å². The van der Waals surface area contributed by atoms with Crippen molar-refractivity contribution >= 4 is 11.8 Å². The quantitative estimate of drug-likeness (QED) is 0.823. The van der Waals surface area contributed by atoms with Gasteiger partial charge in [0.15, 0.2) is 0 Å². The van der Waals surface area contributed by atoms with Crippen LogP contribution < -0.4 is 5.32 Å². The molecule has 1 heterocycles. The molecular formula is C15H23N3O2. The average molecular weight is 277 g/mol. The Morgan fingerprint density at radius 1 is 1.30 bits per heavy atom. The maximum absolute atomic E-state index is 11.8. The lowest BCUT2D eigenvalue weighted by Gasteiger charge is -2.22. The van der Waals surface area contributed by atoms with Crippen LogP contribution >= 0.6 is 0 Å². The van der Waals surface area contributed by atoms with Crippen molar-refractivity contribution in [2.24, 2.45) is 5.92 Å². The highest BCUT2D eigenvalue weighted by Crippen LogP contribution is 2.01. The minimum absolute atomic E-state index is 0.0145. The molecule has 0 aromatic carbocycles. The second-order valence-corrected chi connectivity index (χ2v) is 5.24. The summed E-state index contributed by atoms with van der Waals surface area (Å²) < 4.78 is 0. The third kappa shape index (κ3) is 6.31. The number of pyridine rings is 1. The number of hydrogen-bond donors (Lipinski definition) is 1. The van der Waals surface area contributed by atoms with E-state index in [1.54, 1.807) is 17.3 Å². The third-order valence-electron chi connectivity index (χ3n) is 2.88. The van der Waals surface area contributed by atoms with Gasteiger partial charge in [0.2, 0.25) is 11.8 Å². The maximum atomic E-state index is 11.8. The van der Waals surface area contributed by atoms with Crippen molar-refractivity contribution in [1.29, 1.82) is 0 Å². The van der Waals surface area contributed by atoms with Crippen molar-refractivity contribution in [3.05, 3.63) is 30.1 Å². The molecule has 5 nitrogen and oxygen atoms in total. The first-order valence-corrected chi connectivity index (χ1v) is 6.90. The Morgan fingerprint density at radius 2 is 1.95 bits per heavy atom. The van der Waals surface area contributed by atoms with Crippen LogP contribution in [0.2, 0.25) is 0 Å². The van der Waals surface area contributed by atoms with Crippen LogP contribution in [0, 0.1) is 5.92 Å². The zero-order valence-corrected chi connectivity index (χ0v) is 12.4. The van der Waals surface area contributed by atoms with Crippen LogP contribution in [0.4, 0.5) is 0 Å². The molecule has 5 heteroatoms. The molecule has 0 fully saturated rings. The standard InChI is InChI=1S/C15H23N3O2/c1-12(2)11-18(13(3)19)9-6-15(20)17-10-14-4-7-16-8-5-14/h4-5,7-8,12H,6,9-11H2,1-3H3,(H,17,20). The summed E-state index contributed by atoms with van der Waals surface area (Å²) in [7, 11) is 0. The van der Waals surface area contributed by atoms with Gasteiger partial charge in [0, 0.05) is 45.4 Å². The number of carbonyl (C=O) groups is 2. The molecule has 1 aromatic rings. The summed E-state index contributed by atoms with van der Waals surface area (Å²) in [5, 5.41) is 2.84. The molecule has 0 saturated heterocycles. The van der Waals surface area contributed by atoms with Crippen molar-refractivity contribution < 1.29 is 9.59 Å². The number of rotatable bonds is 7. The zero-order valence-electron chi connectivity index (χ0n) is 12.4. The molecule has 1 N–H and O–H groups in total. The van der Waals surface area contributed by atoms with E-state index in [-0.39, 0.29) is 11.8 Å². The molecule has 110 valence electrons. The predicted molar refractivity (Wildman–Crippen MR) is 77.8 cm³/mol. The molecule has 0 spiro atoms. The van der Waals surface area contributed by atoms with E-state index in [1.165, 1.54) is 6.92 Å². The normalized spacial score (nSPS) is 10.4. The number of hydrogen-bond acceptors (Lipinski definition) is 3. The average Bonchev–Trinajstić information content (AvgIpc) is 2.41. The minimum Gasteiger partial charge on any atom is -0.352 e. The summed E-state index contributed by atoms with van der Waals surface area (Å²) in [6, 6.07) is 3.72. The lowest BCUT2D eigenvalue weighted by Crippen LogP contribution is -2.36. The Balaban J connectivity index is 2.32. The van der Waals surface area contributed by atoms with Crippen LogP contribution in [0.1, 0.15) is 32.8 Å². The van der Waals surface area contributed by atoms with Crippen LogP contribution in [0.15, 0.2) is 24.5 Å². The molecule has 20 heavy (non-hydrogen) atoms. The van der Waals surface area contributed by atoms with Gasteiger partial charge in [-0.2, -0.15) is 0 Å². The first-order valence-electron chi connectivity index (χ1n) is 6.90. The minimum atomic E-state index is -0.0446. The Hall–Kier alpha value is -1.91. The summed E-state index contributed by atoms with van der Waals surface area (Å²) in [5.41, 5.74) is 1.01. The van der Waals surface area contributed by atoms with Crippen LogP contribution in [0.5, 0.6) is 0 Å². The summed E-state index contributed by atoms with van der Waals surface area (Å²) >= 11 is 0. The third-order valence-corrected chi connectivity index (χ3v) is 2.88. The molecule has 0 radical (unpaired) electrons. The molecule has 0 aliphatic rings. The first-order chi connectivity index (χ1) is 9.49. The van der Waals surface area contributed by atoms with Crippen LogP contribution in [0.3, 0.4) is 0 Å². The van der Waals surface area contributed by atoms with Gasteiger partial charge in [-0.15, -0.1) is 0 Å². The van der Waals surface area contributed by atoms with Gasteiger partial charge in [-0.1, -0.05) is 13.8 Å². The summed E-state index contributed by atoms with van der Waals surface area (Å²) in [6.07, 6.45) is 3.72. The number of nitrogens with zero attached hydrogens (tertiary/aromatic N) is 2. The topological polar surface area (TPSA) is 62.3 Å². The van der Waals surface area contributed by atoms with Gasteiger partial charge in [-0.05, 0) is 23.6 Å². The van der Waals surface area contributed by atoms with E-state index >= 15 is 0 Å². The van der Waals surface area contributed by atoms with Crippen molar-refractivity contribution in [3.63, 3.8) is 0 Å². The Kier molecular flexibility index (Phi) is 6.70. The zero-order chi connectivity index (χ0) is 15.0. The van der Waals surface area contributed by atoms with E-state index in [0.717, 1.165) is 5.56 Å². The molecule has 0 unspecified atom stereocenters. The van der Waals surface area contributed by atoms with Gasteiger partial charge in [0.05, 0.1) is 0 Å². The van der Waals surface area contributed by atoms with Gasteiger partial charge in [-0.3, -0.25) is 14.6 Å². The van der Waals surface area contributed by atoms with E-state index < -0.39 is 0 Å². The van der Waals surface area contributed by atoms with Gasteiger partial charge in [0.25, 0.3) is 0 Å². The molecule has 2 amide bonds. The van der Waals surface area contributed by atoms with Gasteiger partial charge >= 0.3 is 0 Å². The van der Waals surface area contributed by atoms with E-state index in [4.69, 9.17) is 0 Å². The highest BCUT2D eigenvalue weighted by atomic mass is 16.2. The molecule has 0 saturated carbocycles. The molecule has 1 aromatic heterocycles. The maximum Gasteiger partial charge on any atom is 0.222 e. The Morgan fingerprint density at radius 3 is 2.50 bits per heavy atom. The highest BCUT2D eigenvalue weighted by Gasteiger charge is 2.12. The molecule has 0 atom stereocenters. The second kappa shape index (κ2) is 8.30. The SMILES string of the molecule is CC(=O)N(CCC(=O)NCc1ccncc1)CC(C)C. The summed E-state index contributed by atoms with van der Waals surface area (Å²) in [6.45, 7) is 7.30. The van der Waals surface area contributed by atoms with E-state index in [9.17, 15) is 9.59 Å². The fourth-order valence-electron chi connectivity index (χ4n) is 1.84. The van der Waals surface area contributed by atoms with Crippen LogP contribution in [-0.4, -0.2) is 34.8 Å². The number of carbonyl (C=O) groups excluding carboxylic acids is 2. The molecule has 0 aliphatic heterocycles. The molecule has 0 bridgehead atoms. The lowest BCUT2D eigenvalue weighted by molar-refractivity contribution is -0.130. The van der Waals surface area contributed by atoms with Crippen molar-refractivity contribution in [3.8, 4) is 0 Å². The fraction of sp³-hybridized carbons (Fsp3) is 0.533.